The molecule has 2 aliphatic rings. The van der Waals surface area contributed by atoms with Gasteiger partial charge in [0.15, 0.2) is 0 Å². The second-order valence-corrected chi connectivity index (χ2v) is 10.6. The lowest BCUT2D eigenvalue weighted by Crippen LogP contribution is -2.46. The Morgan fingerprint density at radius 2 is 2.03 bits per heavy atom. The maximum absolute atomic E-state index is 13.6. The van der Waals surface area contributed by atoms with Crippen LogP contribution >= 0.6 is 15.9 Å². The van der Waals surface area contributed by atoms with Gasteiger partial charge in [-0.3, -0.25) is 13.9 Å². The molecule has 29 heavy (non-hydrogen) atoms. The van der Waals surface area contributed by atoms with Gasteiger partial charge >= 0.3 is 0 Å². The summed E-state index contributed by atoms with van der Waals surface area (Å²) < 4.78 is 28.4. The molecular weight excluding hydrogens is 456 g/mol. The van der Waals surface area contributed by atoms with Crippen LogP contribution in [0.5, 0.6) is 0 Å². The lowest BCUT2D eigenvalue weighted by Gasteiger charge is -2.35. The summed E-state index contributed by atoms with van der Waals surface area (Å²) in [4.78, 5) is 23.7. The number of rotatable bonds is 5. The van der Waals surface area contributed by atoms with Crippen LogP contribution in [0.3, 0.4) is 0 Å². The average Bonchev–Trinajstić information content (AvgIpc) is 2.86. The zero-order valence-corrected chi connectivity index (χ0v) is 18.7. The molecular formula is C21H23BrN2O4S. The summed E-state index contributed by atoms with van der Waals surface area (Å²) in [6, 6.07) is 5.34. The molecule has 0 bridgehead atoms. The number of Topliss-reactive ketones (excluding diaryl/α,β-unsaturated/α-hetero) is 1. The molecule has 1 N–H and O–H groups in total. The molecule has 1 atom stereocenters. The Labute approximate surface area is 179 Å². The minimum Gasteiger partial charge on any atom is -0.345 e. The number of amides is 1. The molecule has 0 spiro atoms. The van der Waals surface area contributed by atoms with Crippen LogP contribution in [0.25, 0.3) is 6.08 Å². The van der Waals surface area contributed by atoms with Gasteiger partial charge in [-0.05, 0) is 50.5 Å². The van der Waals surface area contributed by atoms with Gasteiger partial charge in [0.1, 0.15) is 10.5 Å². The molecule has 0 radical (unpaired) electrons. The number of nitrogens with one attached hydrogen (secondary N) is 1. The number of fused-ring (bicyclic) bond motifs is 1. The normalized spacial score (nSPS) is 21.2. The number of halogens is 1. The maximum Gasteiger partial charge on any atom is 0.247 e. The van der Waals surface area contributed by atoms with Crippen molar-refractivity contribution < 1.29 is 18.0 Å². The summed E-state index contributed by atoms with van der Waals surface area (Å²) in [6.07, 6.45) is 9.46. The molecule has 1 heterocycles. The molecule has 6 nitrogen and oxygen atoms in total. The summed E-state index contributed by atoms with van der Waals surface area (Å²) in [5.41, 5.74) is 1.61. The standard InChI is InChI=1S/C21H23BrN2O4S/c1-15(25)14-23-20(26)17-8-11-24(19-13-18(22)7-6-16(19)12-17)29(27,28)21(2)9-4-3-5-10-21/h3-7,9,12-13H,8,10-11,14H2,1-2H3,(H,23,26). The number of carbonyl (C=O) groups excluding carboxylic acids is 2. The smallest absolute Gasteiger partial charge is 0.247 e. The van der Waals surface area contributed by atoms with Crippen molar-refractivity contribution in [1.29, 1.82) is 0 Å². The molecule has 1 amide bonds. The fraction of sp³-hybridized carbons (Fsp3) is 0.333. The quantitative estimate of drug-likeness (QED) is 0.702. The predicted octanol–water partition coefficient (Wildman–Crippen LogP) is 3.35. The fourth-order valence-electron chi connectivity index (χ4n) is 3.35. The zero-order chi connectivity index (χ0) is 21.2. The van der Waals surface area contributed by atoms with Crippen LogP contribution in [0, 0.1) is 0 Å². The van der Waals surface area contributed by atoms with Gasteiger partial charge in [-0.15, -0.1) is 0 Å². The third kappa shape index (κ3) is 4.38. The number of ketones is 1. The van der Waals surface area contributed by atoms with Gasteiger partial charge in [0.25, 0.3) is 0 Å². The molecule has 3 rings (SSSR count). The molecule has 154 valence electrons. The second-order valence-electron chi connectivity index (χ2n) is 7.39. The highest BCUT2D eigenvalue weighted by Crippen LogP contribution is 2.38. The number of sulfonamides is 1. The summed E-state index contributed by atoms with van der Waals surface area (Å²) >= 11 is 3.42. The van der Waals surface area contributed by atoms with E-state index in [2.05, 4.69) is 21.2 Å². The molecule has 1 aromatic rings. The highest BCUT2D eigenvalue weighted by Gasteiger charge is 2.42. The Kier molecular flexibility index (Phi) is 6.14. The van der Waals surface area contributed by atoms with E-state index in [1.807, 2.05) is 18.2 Å². The Morgan fingerprint density at radius 1 is 1.28 bits per heavy atom. The van der Waals surface area contributed by atoms with Crippen molar-refractivity contribution in [2.24, 2.45) is 0 Å². The van der Waals surface area contributed by atoms with E-state index in [9.17, 15) is 18.0 Å². The highest BCUT2D eigenvalue weighted by molar-refractivity contribution is 9.10. The van der Waals surface area contributed by atoms with Gasteiger partial charge in [-0.1, -0.05) is 46.3 Å². The molecule has 1 aliphatic heterocycles. The number of anilines is 1. The van der Waals surface area contributed by atoms with E-state index in [4.69, 9.17) is 0 Å². The minimum absolute atomic E-state index is 0.0550. The van der Waals surface area contributed by atoms with E-state index in [-0.39, 0.29) is 31.2 Å². The fourth-order valence-corrected chi connectivity index (χ4v) is 5.51. The lowest BCUT2D eigenvalue weighted by molar-refractivity contribution is -0.122. The van der Waals surface area contributed by atoms with Crippen LogP contribution in [-0.4, -0.2) is 37.9 Å². The number of hydrogen-bond donors (Lipinski definition) is 1. The van der Waals surface area contributed by atoms with Crippen LogP contribution in [0.15, 0.2) is 52.5 Å². The molecule has 1 aliphatic carbocycles. The molecule has 1 unspecified atom stereocenters. The van der Waals surface area contributed by atoms with Gasteiger partial charge in [0, 0.05) is 16.6 Å². The summed E-state index contributed by atoms with van der Waals surface area (Å²) in [5, 5.41) is 2.59. The molecule has 0 fully saturated rings. The summed E-state index contributed by atoms with van der Waals surface area (Å²) in [6.45, 7) is 3.19. The van der Waals surface area contributed by atoms with Crippen LogP contribution in [0.4, 0.5) is 5.69 Å². The molecule has 0 saturated carbocycles. The van der Waals surface area contributed by atoms with Gasteiger partial charge in [0.2, 0.25) is 15.9 Å². The first-order valence-electron chi connectivity index (χ1n) is 9.28. The van der Waals surface area contributed by atoms with Crippen LogP contribution in [0.2, 0.25) is 0 Å². The third-order valence-corrected chi connectivity index (χ3v) is 8.00. The largest absolute Gasteiger partial charge is 0.345 e. The van der Waals surface area contributed by atoms with Crippen molar-refractivity contribution in [3.63, 3.8) is 0 Å². The van der Waals surface area contributed by atoms with Crippen molar-refractivity contribution in [2.45, 2.75) is 31.4 Å². The van der Waals surface area contributed by atoms with Gasteiger partial charge < -0.3 is 5.32 Å². The van der Waals surface area contributed by atoms with Crippen molar-refractivity contribution in [2.75, 3.05) is 17.4 Å². The monoisotopic (exact) mass is 478 g/mol. The van der Waals surface area contributed by atoms with Crippen LogP contribution in [0.1, 0.15) is 32.3 Å². The number of hydrogen-bond acceptors (Lipinski definition) is 4. The Bertz CT molecular complexity index is 1040. The summed E-state index contributed by atoms with van der Waals surface area (Å²) in [5.74, 6) is -0.508. The van der Waals surface area contributed by atoms with Crippen molar-refractivity contribution in [3.8, 4) is 0 Å². The Morgan fingerprint density at radius 3 is 2.69 bits per heavy atom. The Balaban J connectivity index is 2.01. The van der Waals surface area contributed by atoms with E-state index in [0.29, 0.717) is 23.2 Å². The van der Waals surface area contributed by atoms with Gasteiger partial charge in [-0.2, -0.15) is 0 Å². The zero-order valence-electron chi connectivity index (χ0n) is 16.3. The van der Waals surface area contributed by atoms with Gasteiger partial charge in [0.05, 0.1) is 12.2 Å². The topological polar surface area (TPSA) is 83.6 Å². The average molecular weight is 479 g/mol. The summed E-state index contributed by atoms with van der Waals surface area (Å²) in [7, 11) is -3.76. The highest BCUT2D eigenvalue weighted by atomic mass is 79.9. The Hall–Kier alpha value is -2.19. The first kappa shape index (κ1) is 21.5. The lowest BCUT2D eigenvalue weighted by atomic mass is 10.0. The van der Waals surface area contributed by atoms with E-state index >= 15 is 0 Å². The second kappa shape index (κ2) is 8.28. The van der Waals surface area contributed by atoms with Crippen molar-refractivity contribution >= 4 is 49.4 Å². The molecule has 0 saturated heterocycles. The van der Waals surface area contributed by atoms with E-state index < -0.39 is 14.8 Å². The number of carbonyl (C=O) groups is 2. The molecule has 8 heteroatoms. The molecule has 1 aromatic carbocycles. The third-order valence-electron chi connectivity index (χ3n) is 5.06. The first-order valence-corrected chi connectivity index (χ1v) is 11.5. The SMILES string of the molecule is CC(=O)CNC(=O)C1=Cc2ccc(Br)cc2N(S(=O)(=O)C2(C)C=CC=CC2)CC1. The van der Waals surface area contributed by atoms with Crippen molar-refractivity contribution in [3.05, 3.63) is 58.1 Å². The van der Waals surface area contributed by atoms with E-state index in [1.165, 1.54) is 11.2 Å². The number of benzene rings is 1. The van der Waals surface area contributed by atoms with Crippen LogP contribution in [-0.2, 0) is 19.6 Å². The van der Waals surface area contributed by atoms with E-state index in [1.54, 1.807) is 37.3 Å². The number of allylic oxidation sites excluding steroid dienone is 3. The predicted molar refractivity (Wildman–Crippen MR) is 118 cm³/mol. The van der Waals surface area contributed by atoms with Crippen molar-refractivity contribution in [1.82, 2.24) is 5.32 Å². The maximum atomic E-state index is 13.6. The number of nitrogens with zero attached hydrogens (tertiary/aromatic N) is 1. The minimum atomic E-state index is -3.76. The molecule has 0 aromatic heterocycles. The van der Waals surface area contributed by atoms with E-state index in [0.717, 1.165) is 4.47 Å². The first-order chi connectivity index (χ1) is 13.6. The van der Waals surface area contributed by atoms with Gasteiger partial charge in [-0.25, -0.2) is 8.42 Å². The van der Waals surface area contributed by atoms with Crippen LogP contribution < -0.4 is 9.62 Å².